The molecule has 0 radical (unpaired) electrons. The molecule has 110 valence electrons. The largest absolute Gasteiger partial charge is 0.497 e. The third-order valence-electron chi connectivity index (χ3n) is 3.90. The molecule has 1 amide bonds. The Morgan fingerprint density at radius 1 is 1.33 bits per heavy atom. The molecular formula is C17H19NO2S. The van der Waals surface area contributed by atoms with Crippen LogP contribution in [0.15, 0.2) is 30.3 Å². The molecule has 0 unspecified atom stereocenters. The number of methoxy groups -OCH3 is 1. The number of aryl methyl sites for hydroxylation is 1. The summed E-state index contributed by atoms with van der Waals surface area (Å²) in [7, 11) is 1.63. The molecule has 1 aliphatic rings. The number of hydrogen-bond donors (Lipinski definition) is 1. The number of carbonyl (C=O) groups is 1. The minimum Gasteiger partial charge on any atom is -0.497 e. The summed E-state index contributed by atoms with van der Waals surface area (Å²) in [6, 6.07) is 9.46. The van der Waals surface area contributed by atoms with E-state index in [4.69, 9.17) is 4.74 Å². The fraction of sp³-hybridized carbons (Fsp3) is 0.353. The van der Waals surface area contributed by atoms with Crippen LogP contribution in [0.25, 0.3) is 0 Å². The Hall–Kier alpha value is -1.81. The van der Waals surface area contributed by atoms with Gasteiger partial charge in [0.15, 0.2) is 0 Å². The zero-order valence-corrected chi connectivity index (χ0v) is 13.1. The molecule has 1 heterocycles. The first-order chi connectivity index (χ1) is 10.2. The number of nitrogens with one attached hydrogen (secondary N) is 1. The third kappa shape index (κ3) is 3.10. The highest BCUT2D eigenvalue weighted by molar-refractivity contribution is 7.14. The number of fused-ring (bicyclic) bond motifs is 1. The van der Waals surface area contributed by atoms with Crippen molar-refractivity contribution in [2.45, 2.75) is 26.2 Å². The minimum absolute atomic E-state index is 0.0211. The van der Waals surface area contributed by atoms with Gasteiger partial charge in [0.1, 0.15) is 5.75 Å². The van der Waals surface area contributed by atoms with E-state index in [-0.39, 0.29) is 5.91 Å². The molecule has 3 rings (SSSR count). The number of rotatable bonds is 3. The molecule has 3 nitrogen and oxygen atoms in total. The van der Waals surface area contributed by atoms with Crippen molar-refractivity contribution in [1.82, 2.24) is 0 Å². The van der Waals surface area contributed by atoms with Crippen LogP contribution in [0.3, 0.4) is 0 Å². The van der Waals surface area contributed by atoms with E-state index in [9.17, 15) is 4.79 Å². The van der Waals surface area contributed by atoms with Gasteiger partial charge in [0.05, 0.1) is 12.0 Å². The summed E-state index contributed by atoms with van der Waals surface area (Å²) in [5.74, 6) is 1.49. The maximum atomic E-state index is 12.3. The number of hydrogen-bond acceptors (Lipinski definition) is 3. The number of thiophene rings is 1. The average Bonchev–Trinajstić information content (AvgIpc) is 2.91. The fourth-order valence-electron chi connectivity index (χ4n) is 2.68. The quantitative estimate of drug-likeness (QED) is 0.925. The third-order valence-corrected chi connectivity index (χ3v) is 5.14. The lowest BCUT2D eigenvalue weighted by Crippen LogP contribution is -2.10. The predicted octanol–water partition coefficient (Wildman–Crippen LogP) is 4.13. The van der Waals surface area contributed by atoms with Crippen LogP contribution in [-0.4, -0.2) is 13.0 Å². The van der Waals surface area contributed by atoms with Crippen molar-refractivity contribution < 1.29 is 9.53 Å². The molecule has 0 saturated carbocycles. The normalized spacial score (nSPS) is 17.1. The summed E-state index contributed by atoms with van der Waals surface area (Å²) in [6.07, 6.45) is 3.44. The highest BCUT2D eigenvalue weighted by atomic mass is 32.1. The Bertz CT molecular complexity index is 645. The molecule has 0 saturated heterocycles. The molecule has 0 bridgehead atoms. The maximum absolute atomic E-state index is 12.3. The van der Waals surface area contributed by atoms with Crippen LogP contribution in [0.4, 0.5) is 5.69 Å². The second-order valence-corrected chi connectivity index (χ2v) is 6.73. The molecule has 21 heavy (non-hydrogen) atoms. The molecule has 0 aliphatic heterocycles. The van der Waals surface area contributed by atoms with Crippen molar-refractivity contribution >= 4 is 22.9 Å². The van der Waals surface area contributed by atoms with E-state index in [0.29, 0.717) is 0 Å². The highest BCUT2D eigenvalue weighted by Crippen LogP contribution is 2.32. The summed E-state index contributed by atoms with van der Waals surface area (Å²) in [5.41, 5.74) is 2.15. The number of amides is 1. The van der Waals surface area contributed by atoms with Gasteiger partial charge in [-0.25, -0.2) is 0 Å². The van der Waals surface area contributed by atoms with Crippen LogP contribution in [0.2, 0.25) is 0 Å². The van der Waals surface area contributed by atoms with Gasteiger partial charge in [0.2, 0.25) is 0 Å². The lowest BCUT2D eigenvalue weighted by atomic mass is 9.90. The highest BCUT2D eigenvalue weighted by Gasteiger charge is 2.20. The van der Waals surface area contributed by atoms with Gasteiger partial charge in [-0.3, -0.25) is 4.79 Å². The van der Waals surface area contributed by atoms with Crippen molar-refractivity contribution in [1.29, 1.82) is 0 Å². The number of carbonyl (C=O) groups excluding carboxylic acids is 1. The van der Waals surface area contributed by atoms with Gasteiger partial charge in [0.25, 0.3) is 5.91 Å². The molecular weight excluding hydrogens is 282 g/mol. The first kappa shape index (κ1) is 14.1. The Morgan fingerprint density at radius 3 is 2.81 bits per heavy atom. The smallest absolute Gasteiger partial charge is 0.265 e. The SMILES string of the molecule is COc1ccc(NC(=O)c2cc3c(s2)CC[C@H](C)C3)cc1. The second-order valence-electron chi connectivity index (χ2n) is 5.59. The molecule has 0 fully saturated rings. The Labute approximate surface area is 129 Å². The van der Waals surface area contributed by atoms with Gasteiger partial charge in [-0.2, -0.15) is 0 Å². The van der Waals surface area contributed by atoms with Gasteiger partial charge < -0.3 is 10.1 Å². The van der Waals surface area contributed by atoms with Crippen LogP contribution in [0, 0.1) is 5.92 Å². The van der Waals surface area contributed by atoms with E-state index >= 15 is 0 Å². The minimum atomic E-state index is -0.0211. The van der Waals surface area contributed by atoms with Gasteiger partial charge in [-0.05, 0) is 61.1 Å². The van der Waals surface area contributed by atoms with Gasteiger partial charge >= 0.3 is 0 Å². The van der Waals surface area contributed by atoms with Crippen molar-refractivity contribution in [3.8, 4) is 5.75 Å². The molecule has 1 atom stereocenters. The Balaban J connectivity index is 1.73. The van der Waals surface area contributed by atoms with Gasteiger partial charge in [-0.1, -0.05) is 6.92 Å². The topological polar surface area (TPSA) is 38.3 Å². The summed E-state index contributed by atoms with van der Waals surface area (Å²) in [4.78, 5) is 14.5. The van der Waals surface area contributed by atoms with Crippen molar-refractivity contribution in [2.75, 3.05) is 12.4 Å². The Morgan fingerprint density at radius 2 is 2.10 bits per heavy atom. The van der Waals surface area contributed by atoms with Gasteiger partial charge in [0, 0.05) is 10.6 Å². The maximum Gasteiger partial charge on any atom is 0.265 e. The van der Waals surface area contributed by atoms with Crippen LogP contribution in [0.1, 0.15) is 33.5 Å². The molecule has 2 aromatic rings. The lowest BCUT2D eigenvalue weighted by molar-refractivity contribution is 0.103. The molecule has 1 N–H and O–H groups in total. The predicted molar refractivity (Wildman–Crippen MR) is 86.5 cm³/mol. The zero-order chi connectivity index (χ0) is 14.8. The summed E-state index contributed by atoms with van der Waals surface area (Å²) in [6.45, 7) is 2.28. The molecule has 1 aliphatic carbocycles. The van der Waals surface area contributed by atoms with Gasteiger partial charge in [-0.15, -0.1) is 11.3 Å². The van der Waals surface area contributed by atoms with E-state index in [1.54, 1.807) is 18.4 Å². The van der Waals surface area contributed by atoms with Crippen molar-refractivity contribution in [3.63, 3.8) is 0 Å². The van der Waals surface area contributed by atoms with E-state index < -0.39 is 0 Å². The van der Waals surface area contributed by atoms with Crippen molar-refractivity contribution in [3.05, 3.63) is 45.6 Å². The summed E-state index contributed by atoms with van der Waals surface area (Å²) >= 11 is 1.64. The molecule has 0 spiro atoms. The molecule has 1 aromatic carbocycles. The lowest BCUT2D eigenvalue weighted by Gasteiger charge is -2.16. The fourth-order valence-corrected chi connectivity index (χ4v) is 3.79. The number of ether oxygens (including phenoxy) is 1. The van der Waals surface area contributed by atoms with Crippen LogP contribution in [-0.2, 0) is 12.8 Å². The van der Waals surface area contributed by atoms with Crippen molar-refractivity contribution in [2.24, 2.45) is 5.92 Å². The van der Waals surface area contributed by atoms with E-state index in [1.165, 1.54) is 16.9 Å². The zero-order valence-electron chi connectivity index (χ0n) is 12.3. The van der Waals surface area contributed by atoms with E-state index in [2.05, 4.69) is 18.3 Å². The number of benzene rings is 1. The monoisotopic (exact) mass is 301 g/mol. The first-order valence-corrected chi connectivity index (χ1v) is 8.04. The Kier molecular flexibility index (Phi) is 3.97. The second kappa shape index (κ2) is 5.90. The van der Waals surface area contributed by atoms with Crippen LogP contribution in [0.5, 0.6) is 5.75 Å². The molecule has 4 heteroatoms. The molecule has 1 aromatic heterocycles. The standard InChI is InChI=1S/C17H19NO2S/c1-11-3-8-15-12(9-11)10-16(21-15)17(19)18-13-4-6-14(20-2)7-5-13/h4-7,10-11H,3,8-9H2,1-2H3,(H,18,19)/t11-/m0/s1. The van der Waals surface area contributed by atoms with E-state index in [1.807, 2.05) is 24.3 Å². The van der Waals surface area contributed by atoms with Crippen LogP contribution >= 0.6 is 11.3 Å². The first-order valence-electron chi connectivity index (χ1n) is 7.22. The van der Waals surface area contributed by atoms with Crippen LogP contribution < -0.4 is 10.1 Å². The van der Waals surface area contributed by atoms with E-state index in [0.717, 1.165) is 35.1 Å². The average molecular weight is 301 g/mol. The number of anilines is 1. The summed E-state index contributed by atoms with van der Waals surface area (Å²) < 4.78 is 5.11. The summed E-state index contributed by atoms with van der Waals surface area (Å²) in [5, 5.41) is 2.95.